The first-order valence-corrected chi connectivity index (χ1v) is 7.59. The zero-order valence-corrected chi connectivity index (χ0v) is 11.7. The Kier molecular flexibility index (Phi) is 2.69. The number of thiazole rings is 1. The summed E-state index contributed by atoms with van der Waals surface area (Å²) in [5, 5.41) is 12.3. The van der Waals surface area contributed by atoms with Gasteiger partial charge in [0.15, 0.2) is 15.1 Å². The zero-order chi connectivity index (χ0) is 13.6. The van der Waals surface area contributed by atoms with Crippen molar-refractivity contribution in [3.05, 3.63) is 16.7 Å². The van der Waals surface area contributed by atoms with Gasteiger partial charge in [-0.15, -0.1) is 16.4 Å². The summed E-state index contributed by atoms with van der Waals surface area (Å²) in [5.41, 5.74) is 0. The average Bonchev–Trinajstić information content (AvgIpc) is 2.93. The molecule has 3 rings (SSSR count). The standard InChI is InChI=1S/C7H6ClN7O2S2/c1-14-11-6(10-13-14)12-19(16,17)5-4(8)9-7-15(5)2-3-18-7/h2-3H,1H3,(H,11,12). The van der Waals surface area contributed by atoms with Crippen molar-refractivity contribution in [3.8, 4) is 0 Å². The molecule has 1 N–H and O–H groups in total. The third-order valence-electron chi connectivity index (χ3n) is 2.17. The molecule has 3 aromatic rings. The highest BCUT2D eigenvalue weighted by Gasteiger charge is 2.26. The summed E-state index contributed by atoms with van der Waals surface area (Å²) in [7, 11) is -2.42. The van der Waals surface area contributed by atoms with Gasteiger partial charge in [0.25, 0.3) is 16.0 Å². The highest BCUT2D eigenvalue weighted by Crippen LogP contribution is 2.26. The molecule has 0 aliphatic heterocycles. The molecule has 0 bridgehead atoms. The lowest BCUT2D eigenvalue weighted by Crippen LogP contribution is -2.16. The zero-order valence-electron chi connectivity index (χ0n) is 9.35. The van der Waals surface area contributed by atoms with Crippen LogP contribution in [-0.4, -0.2) is 38.0 Å². The van der Waals surface area contributed by atoms with Crippen LogP contribution in [0.25, 0.3) is 4.96 Å². The largest absolute Gasteiger partial charge is 0.283 e. The molecule has 9 nitrogen and oxygen atoms in total. The molecular formula is C7H6ClN7O2S2. The quantitative estimate of drug-likeness (QED) is 0.747. The summed E-state index contributed by atoms with van der Waals surface area (Å²) in [6.45, 7) is 0. The van der Waals surface area contributed by atoms with Gasteiger partial charge < -0.3 is 0 Å². The number of sulfonamides is 1. The second-order valence-electron chi connectivity index (χ2n) is 3.47. The van der Waals surface area contributed by atoms with Crippen molar-refractivity contribution in [2.24, 2.45) is 7.05 Å². The lowest BCUT2D eigenvalue weighted by atomic mass is 10.9. The molecule has 19 heavy (non-hydrogen) atoms. The Hall–Kier alpha value is -1.72. The van der Waals surface area contributed by atoms with E-state index >= 15 is 0 Å². The fraction of sp³-hybridized carbons (Fsp3) is 0.143. The lowest BCUT2D eigenvalue weighted by Gasteiger charge is -2.02. The van der Waals surface area contributed by atoms with Crippen LogP contribution in [0.4, 0.5) is 5.95 Å². The molecule has 0 unspecified atom stereocenters. The van der Waals surface area contributed by atoms with Gasteiger partial charge in [-0.2, -0.15) is 13.2 Å². The molecule has 0 aromatic carbocycles. The van der Waals surface area contributed by atoms with Gasteiger partial charge in [0.05, 0.1) is 7.05 Å². The summed E-state index contributed by atoms with van der Waals surface area (Å²) >= 11 is 7.14. The van der Waals surface area contributed by atoms with Crippen LogP contribution in [0, 0.1) is 0 Å². The van der Waals surface area contributed by atoms with Crippen LogP contribution in [0.3, 0.4) is 0 Å². The lowest BCUT2D eigenvalue weighted by molar-refractivity contribution is 0.596. The number of nitrogens with one attached hydrogen (secondary N) is 1. The SMILES string of the molecule is Cn1nnc(NS(=O)(=O)c2c(Cl)nc3sccn23)n1. The van der Waals surface area contributed by atoms with Crippen molar-refractivity contribution < 1.29 is 8.42 Å². The number of tetrazole rings is 1. The second kappa shape index (κ2) is 4.15. The fourth-order valence-corrected chi connectivity index (χ4v) is 3.86. The predicted molar refractivity (Wildman–Crippen MR) is 67.7 cm³/mol. The summed E-state index contributed by atoms with van der Waals surface area (Å²) in [4.78, 5) is 5.57. The molecular weight excluding hydrogens is 314 g/mol. The fourth-order valence-electron chi connectivity index (χ4n) is 1.47. The van der Waals surface area contributed by atoms with E-state index in [1.54, 1.807) is 11.6 Å². The van der Waals surface area contributed by atoms with Crippen LogP contribution in [-0.2, 0) is 17.1 Å². The van der Waals surface area contributed by atoms with Gasteiger partial charge in [0.2, 0.25) is 0 Å². The van der Waals surface area contributed by atoms with Crippen molar-refractivity contribution in [3.63, 3.8) is 0 Å². The summed E-state index contributed by atoms with van der Waals surface area (Å²) in [6, 6.07) is 0. The van der Waals surface area contributed by atoms with E-state index in [0.717, 1.165) is 4.80 Å². The molecule has 0 fully saturated rings. The normalized spacial score (nSPS) is 12.1. The number of fused-ring (bicyclic) bond motifs is 1. The van der Waals surface area contributed by atoms with Gasteiger partial charge in [0.1, 0.15) is 0 Å². The Balaban J connectivity index is 2.09. The summed E-state index contributed by atoms with van der Waals surface area (Å²) in [5.74, 6) is -0.135. The molecule has 0 aliphatic rings. The Morgan fingerprint density at radius 1 is 1.47 bits per heavy atom. The minimum Gasteiger partial charge on any atom is -0.278 e. The molecule has 0 saturated carbocycles. The van der Waals surface area contributed by atoms with E-state index in [1.807, 2.05) is 0 Å². The van der Waals surface area contributed by atoms with Gasteiger partial charge in [-0.05, 0) is 5.21 Å². The minimum absolute atomic E-state index is 0.108. The minimum atomic E-state index is -3.94. The van der Waals surface area contributed by atoms with E-state index < -0.39 is 10.0 Å². The molecule has 0 atom stereocenters. The number of aromatic nitrogens is 6. The average molecular weight is 320 g/mol. The van der Waals surface area contributed by atoms with Crippen LogP contribution in [0.1, 0.15) is 0 Å². The molecule has 3 heterocycles. The number of hydrogen-bond donors (Lipinski definition) is 1. The smallest absolute Gasteiger partial charge is 0.278 e. The van der Waals surface area contributed by atoms with Crippen LogP contribution in [0.2, 0.25) is 5.15 Å². The highest BCUT2D eigenvalue weighted by molar-refractivity contribution is 7.92. The first-order chi connectivity index (χ1) is 8.97. The van der Waals surface area contributed by atoms with Crippen molar-refractivity contribution in [1.29, 1.82) is 0 Å². The van der Waals surface area contributed by atoms with Gasteiger partial charge in [0, 0.05) is 11.6 Å². The third-order valence-corrected chi connectivity index (χ3v) is 4.65. The van der Waals surface area contributed by atoms with Gasteiger partial charge in [-0.25, -0.2) is 9.71 Å². The van der Waals surface area contributed by atoms with Gasteiger partial charge in [-0.3, -0.25) is 4.40 Å². The molecule has 100 valence electrons. The first kappa shape index (κ1) is 12.3. The molecule has 0 aliphatic carbocycles. The number of anilines is 1. The number of nitrogens with zero attached hydrogens (tertiary/aromatic N) is 6. The van der Waals surface area contributed by atoms with Crippen molar-refractivity contribution in [2.75, 3.05) is 4.72 Å². The number of rotatable bonds is 3. The monoisotopic (exact) mass is 319 g/mol. The molecule has 0 saturated heterocycles. The van der Waals surface area contributed by atoms with Gasteiger partial charge >= 0.3 is 0 Å². The maximum Gasteiger partial charge on any atom is 0.283 e. The molecule has 0 amide bonds. The Morgan fingerprint density at radius 3 is 2.95 bits per heavy atom. The molecule has 0 radical (unpaired) electrons. The summed E-state index contributed by atoms with van der Waals surface area (Å²) in [6.07, 6.45) is 1.57. The van der Waals surface area contributed by atoms with E-state index in [9.17, 15) is 8.42 Å². The van der Waals surface area contributed by atoms with E-state index in [1.165, 1.54) is 22.8 Å². The van der Waals surface area contributed by atoms with Crippen molar-refractivity contribution in [1.82, 2.24) is 29.6 Å². The Labute approximate surface area is 115 Å². The number of aryl methyl sites for hydroxylation is 1. The first-order valence-electron chi connectivity index (χ1n) is 4.85. The second-order valence-corrected chi connectivity index (χ2v) is 6.30. The molecule has 3 aromatic heterocycles. The van der Waals surface area contributed by atoms with Crippen LogP contribution >= 0.6 is 22.9 Å². The predicted octanol–water partition coefficient (Wildman–Crippen LogP) is 0.373. The Morgan fingerprint density at radius 2 is 2.26 bits per heavy atom. The molecule has 12 heteroatoms. The maximum atomic E-state index is 12.2. The highest BCUT2D eigenvalue weighted by atomic mass is 35.5. The topological polar surface area (TPSA) is 107 Å². The summed E-state index contributed by atoms with van der Waals surface area (Å²) < 4.78 is 28.0. The van der Waals surface area contributed by atoms with E-state index in [0.29, 0.717) is 4.96 Å². The van der Waals surface area contributed by atoms with Crippen molar-refractivity contribution in [2.45, 2.75) is 5.03 Å². The van der Waals surface area contributed by atoms with Crippen LogP contribution in [0.15, 0.2) is 16.6 Å². The van der Waals surface area contributed by atoms with Crippen LogP contribution in [0.5, 0.6) is 0 Å². The molecule has 0 spiro atoms. The van der Waals surface area contributed by atoms with Crippen LogP contribution < -0.4 is 4.72 Å². The maximum absolute atomic E-state index is 12.2. The number of hydrogen-bond acceptors (Lipinski definition) is 7. The van der Waals surface area contributed by atoms with E-state index in [-0.39, 0.29) is 16.1 Å². The van der Waals surface area contributed by atoms with E-state index in [2.05, 4.69) is 25.1 Å². The number of imidazole rings is 1. The third kappa shape index (κ3) is 2.05. The Bertz CT molecular complexity index is 848. The van der Waals surface area contributed by atoms with E-state index in [4.69, 9.17) is 11.6 Å². The van der Waals surface area contributed by atoms with Gasteiger partial charge in [-0.1, -0.05) is 16.7 Å². The van der Waals surface area contributed by atoms with Crippen molar-refractivity contribution >= 4 is 43.9 Å². The number of halogens is 1.